The lowest BCUT2D eigenvalue weighted by Gasteiger charge is -2.22. The molecule has 2 rings (SSSR count). The van der Waals surface area contributed by atoms with Crippen molar-refractivity contribution in [2.75, 3.05) is 13.7 Å². The molecule has 0 saturated heterocycles. The first-order valence-corrected chi connectivity index (χ1v) is 8.78. The first kappa shape index (κ1) is 20.0. The number of carbonyl (C=O) groups is 1. The van der Waals surface area contributed by atoms with Gasteiger partial charge in [-0.1, -0.05) is 12.8 Å². The third-order valence-electron chi connectivity index (χ3n) is 4.08. The SMILES string of the molecule is COC(=O)c1cc(S(=O)(=O)NC(CN)C2CCCC2)c(C)o1.Cl. The summed E-state index contributed by atoms with van der Waals surface area (Å²) in [6.45, 7) is 1.73. The Morgan fingerprint density at radius 2 is 2.09 bits per heavy atom. The number of nitrogens with two attached hydrogens (primary N) is 1. The monoisotopic (exact) mass is 366 g/mol. The number of sulfonamides is 1. The number of hydrogen-bond donors (Lipinski definition) is 2. The Bertz CT molecular complexity index is 638. The molecule has 1 atom stereocenters. The van der Waals surface area contributed by atoms with Crippen LogP contribution in [0.2, 0.25) is 0 Å². The van der Waals surface area contributed by atoms with Crippen LogP contribution in [0.15, 0.2) is 15.4 Å². The van der Waals surface area contributed by atoms with E-state index in [0.717, 1.165) is 25.7 Å². The highest BCUT2D eigenvalue weighted by Gasteiger charge is 2.31. The number of carbonyl (C=O) groups excluding carboxylic acids is 1. The molecule has 1 aromatic rings. The van der Waals surface area contributed by atoms with Gasteiger partial charge in [-0.2, -0.15) is 0 Å². The van der Waals surface area contributed by atoms with Gasteiger partial charge in [0.15, 0.2) is 0 Å². The highest BCUT2D eigenvalue weighted by atomic mass is 35.5. The molecule has 1 unspecified atom stereocenters. The number of aryl methyl sites for hydroxylation is 1. The zero-order chi connectivity index (χ0) is 16.3. The van der Waals surface area contributed by atoms with Crippen LogP contribution in [-0.4, -0.2) is 34.1 Å². The fraction of sp³-hybridized carbons (Fsp3) is 0.643. The van der Waals surface area contributed by atoms with Crippen LogP contribution >= 0.6 is 12.4 Å². The summed E-state index contributed by atoms with van der Waals surface area (Å²) in [5, 5.41) is 0. The predicted octanol–water partition coefficient (Wildman–Crippen LogP) is 1.59. The van der Waals surface area contributed by atoms with Crippen LogP contribution in [0.1, 0.15) is 42.0 Å². The highest BCUT2D eigenvalue weighted by molar-refractivity contribution is 7.89. The van der Waals surface area contributed by atoms with Gasteiger partial charge in [-0.3, -0.25) is 0 Å². The van der Waals surface area contributed by atoms with E-state index in [4.69, 9.17) is 10.2 Å². The Morgan fingerprint density at radius 1 is 1.48 bits per heavy atom. The molecule has 0 aromatic carbocycles. The molecule has 7 nitrogen and oxygen atoms in total. The molecule has 0 aliphatic heterocycles. The first-order valence-electron chi connectivity index (χ1n) is 7.30. The van der Waals surface area contributed by atoms with Crippen LogP contribution in [0.3, 0.4) is 0 Å². The molecule has 3 N–H and O–H groups in total. The summed E-state index contributed by atoms with van der Waals surface area (Å²) in [5.74, 6) is -0.441. The lowest BCUT2D eigenvalue weighted by molar-refractivity contribution is 0.0563. The molecule has 132 valence electrons. The molecular formula is C14H23ClN2O5S. The fourth-order valence-corrected chi connectivity index (χ4v) is 4.39. The molecule has 1 aliphatic carbocycles. The Hall–Kier alpha value is -1.09. The second kappa shape index (κ2) is 8.14. The summed E-state index contributed by atoms with van der Waals surface area (Å²) in [4.78, 5) is 11.4. The lowest BCUT2D eigenvalue weighted by atomic mass is 9.99. The molecule has 1 heterocycles. The van der Waals surface area contributed by atoms with Crippen molar-refractivity contribution >= 4 is 28.4 Å². The molecule has 0 amide bonds. The quantitative estimate of drug-likeness (QED) is 0.739. The van der Waals surface area contributed by atoms with Crippen molar-refractivity contribution in [3.63, 3.8) is 0 Å². The van der Waals surface area contributed by atoms with Crippen molar-refractivity contribution in [1.29, 1.82) is 0 Å². The average molecular weight is 367 g/mol. The number of rotatable bonds is 6. The van der Waals surface area contributed by atoms with Gasteiger partial charge in [0.2, 0.25) is 15.8 Å². The van der Waals surface area contributed by atoms with E-state index in [0.29, 0.717) is 0 Å². The minimum absolute atomic E-state index is 0. The number of methoxy groups -OCH3 is 1. The van der Waals surface area contributed by atoms with Crippen molar-refractivity contribution in [1.82, 2.24) is 4.72 Å². The minimum atomic E-state index is -3.79. The minimum Gasteiger partial charge on any atom is -0.463 e. The molecule has 9 heteroatoms. The average Bonchev–Trinajstić information content (AvgIpc) is 3.13. The molecule has 1 aromatic heterocycles. The van der Waals surface area contributed by atoms with E-state index < -0.39 is 16.0 Å². The normalized spacial score (nSPS) is 16.8. The van der Waals surface area contributed by atoms with Gasteiger partial charge in [-0.25, -0.2) is 17.9 Å². The van der Waals surface area contributed by atoms with Crippen LogP contribution in [0.4, 0.5) is 0 Å². The number of hydrogen-bond acceptors (Lipinski definition) is 6. The number of ether oxygens (including phenoxy) is 1. The highest BCUT2D eigenvalue weighted by Crippen LogP contribution is 2.29. The van der Waals surface area contributed by atoms with E-state index >= 15 is 0 Å². The van der Waals surface area contributed by atoms with Crippen molar-refractivity contribution in [3.8, 4) is 0 Å². The predicted molar refractivity (Wildman–Crippen MR) is 87.2 cm³/mol. The van der Waals surface area contributed by atoms with E-state index in [1.807, 2.05) is 0 Å². The molecule has 23 heavy (non-hydrogen) atoms. The molecule has 1 fully saturated rings. The van der Waals surface area contributed by atoms with E-state index in [1.54, 1.807) is 0 Å². The maximum Gasteiger partial charge on any atom is 0.373 e. The Labute approximate surface area is 142 Å². The summed E-state index contributed by atoms with van der Waals surface area (Å²) in [5.41, 5.74) is 5.73. The Morgan fingerprint density at radius 3 is 2.61 bits per heavy atom. The maximum absolute atomic E-state index is 12.5. The molecule has 0 radical (unpaired) electrons. The summed E-state index contributed by atoms with van der Waals surface area (Å²) < 4.78 is 37.4. The molecule has 1 aliphatic rings. The van der Waals surface area contributed by atoms with E-state index in [-0.39, 0.29) is 47.3 Å². The van der Waals surface area contributed by atoms with Crippen molar-refractivity contribution in [2.24, 2.45) is 11.7 Å². The summed E-state index contributed by atoms with van der Waals surface area (Å²) in [6.07, 6.45) is 4.14. The van der Waals surface area contributed by atoms with E-state index in [1.165, 1.54) is 20.1 Å². The molecule has 0 bridgehead atoms. The van der Waals surface area contributed by atoms with Gasteiger partial charge in [0.1, 0.15) is 10.7 Å². The second-order valence-corrected chi connectivity index (χ2v) is 7.21. The second-order valence-electron chi connectivity index (χ2n) is 5.53. The van der Waals surface area contributed by atoms with Gasteiger partial charge in [0.25, 0.3) is 0 Å². The topological polar surface area (TPSA) is 112 Å². The van der Waals surface area contributed by atoms with Crippen LogP contribution < -0.4 is 10.5 Å². The zero-order valence-electron chi connectivity index (χ0n) is 13.2. The van der Waals surface area contributed by atoms with Crippen LogP contribution in [0.5, 0.6) is 0 Å². The van der Waals surface area contributed by atoms with Gasteiger partial charge < -0.3 is 14.9 Å². The number of nitrogens with one attached hydrogen (secondary N) is 1. The Kier molecular flexibility index (Phi) is 7.06. The van der Waals surface area contributed by atoms with Gasteiger partial charge in [0.05, 0.1) is 7.11 Å². The van der Waals surface area contributed by atoms with Gasteiger partial charge in [0, 0.05) is 18.7 Å². The van der Waals surface area contributed by atoms with Crippen LogP contribution in [0, 0.1) is 12.8 Å². The van der Waals surface area contributed by atoms with Crippen LogP contribution in [0.25, 0.3) is 0 Å². The first-order chi connectivity index (χ1) is 10.4. The molecule has 0 spiro atoms. The van der Waals surface area contributed by atoms with E-state index in [9.17, 15) is 13.2 Å². The largest absolute Gasteiger partial charge is 0.463 e. The number of halogens is 1. The standard InChI is InChI=1S/C14H22N2O5S.ClH/c1-9-13(7-12(21-9)14(17)20-2)22(18,19)16-11(8-15)10-5-3-4-6-10;/h7,10-11,16H,3-6,8,15H2,1-2H3;1H. The molecule has 1 saturated carbocycles. The van der Waals surface area contributed by atoms with E-state index in [2.05, 4.69) is 9.46 Å². The maximum atomic E-state index is 12.5. The third kappa shape index (κ3) is 4.47. The van der Waals surface area contributed by atoms with Gasteiger partial charge in [-0.15, -0.1) is 12.4 Å². The number of esters is 1. The van der Waals surface area contributed by atoms with Crippen molar-refractivity contribution in [3.05, 3.63) is 17.6 Å². The molecular weight excluding hydrogens is 344 g/mol. The van der Waals surface area contributed by atoms with Crippen molar-refractivity contribution in [2.45, 2.75) is 43.5 Å². The third-order valence-corrected chi connectivity index (χ3v) is 5.68. The fourth-order valence-electron chi connectivity index (χ4n) is 2.89. The summed E-state index contributed by atoms with van der Waals surface area (Å²) in [7, 11) is -2.59. The van der Waals surface area contributed by atoms with Crippen LogP contribution in [-0.2, 0) is 14.8 Å². The summed E-state index contributed by atoms with van der Waals surface area (Å²) in [6, 6.07) is 0.884. The number of furan rings is 1. The van der Waals surface area contributed by atoms with Crippen molar-refractivity contribution < 1.29 is 22.4 Å². The Balaban J connectivity index is 0.00000264. The smallest absolute Gasteiger partial charge is 0.373 e. The van der Waals surface area contributed by atoms with Gasteiger partial charge >= 0.3 is 5.97 Å². The lowest BCUT2D eigenvalue weighted by Crippen LogP contribution is -2.44. The van der Waals surface area contributed by atoms with Gasteiger partial charge in [-0.05, 0) is 25.7 Å². The summed E-state index contributed by atoms with van der Waals surface area (Å²) >= 11 is 0. The zero-order valence-corrected chi connectivity index (χ0v) is 14.8.